The van der Waals surface area contributed by atoms with Gasteiger partial charge in [-0.1, -0.05) is 17.7 Å². The number of hydrogen-bond acceptors (Lipinski definition) is 8. The van der Waals surface area contributed by atoms with Crippen LogP contribution < -0.4 is 20.1 Å². The van der Waals surface area contributed by atoms with Gasteiger partial charge in [0.2, 0.25) is 5.91 Å². The molecule has 2 amide bonds. The zero-order chi connectivity index (χ0) is 28.3. The average molecular weight is 560 g/mol. The molecule has 2 aromatic carbocycles. The Balaban J connectivity index is 1.62. The van der Waals surface area contributed by atoms with Crippen LogP contribution in [0.1, 0.15) is 33.6 Å². The molecule has 1 fully saturated rings. The van der Waals surface area contributed by atoms with Crippen LogP contribution in [0.3, 0.4) is 0 Å². The van der Waals surface area contributed by atoms with Crippen molar-refractivity contribution in [2.24, 2.45) is 0 Å². The lowest BCUT2D eigenvalue weighted by Crippen LogP contribution is -2.55. The first kappa shape index (κ1) is 28.2. The van der Waals surface area contributed by atoms with Crippen LogP contribution in [-0.4, -0.2) is 65.3 Å². The van der Waals surface area contributed by atoms with Gasteiger partial charge in [0, 0.05) is 37.9 Å². The molecule has 0 unspecified atom stereocenters. The maximum absolute atomic E-state index is 14.6. The van der Waals surface area contributed by atoms with Crippen LogP contribution in [0.25, 0.3) is 10.9 Å². The summed E-state index contributed by atoms with van der Waals surface area (Å²) in [5, 5.41) is 6.13. The second-order valence-electron chi connectivity index (χ2n) is 10.0. The lowest BCUT2D eigenvalue weighted by Gasteiger charge is -2.38. The number of fused-ring (bicyclic) bond motifs is 1. The summed E-state index contributed by atoms with van der Waals surface area (Å²) < 4.78 is 31.9. The molecule has 1 aliphatic heterocycles. The minimum absolute atomic E-state index is 0.0209. The average Bonchev–Trinajstić information content (AvgIpc) is 2.89. The number of carbonyl (C=O) groups is 2. The summed E-state index contributed by atoms with van der Waals surface area (Å²) in [4.78, 5) is 35.5. The van der Waals surface area contributed by atoms with Crippen molar-refractivity contribution in [1.29, 1.82) is 0 Å². The molecular formula is C27H31ClFN5O5. The van der Waals surface area contributed by atoms with Gasteiger partial charge in [0.1, 0.15) is 29.9 Å². The molecule has 1 aromatic heterocycles. The van der Waals surface area contributed by atoms with Gasteiger partial charge in [-0.3, -0.25) is 9.69 Å². The van der Waals surface area contributed by atoms with Crippen molar-refractivity contribution < 1.29 is 28.2 Å². The third kappa shape index (κ3) is 6.42. The number of nitrogens with zero attached hydrogens (tertiary/aromatic N) is 3. The number of hydrogen-bond donors (Lipinski definition) is 2. The van der Waals surface area contributed by atoms with E-state index in [1.54, 1.807) is 45.0 Å². The van der Waals surface area contributed by atoms with E-state index in [-0.39, 0.29) is 29.6 Å². The Hall–Kier alpha value is -3.86. The SMILES string of the molecule is CNC(=O)[C@@H]1C[C@@H](Oc2cc3c(Nc4cccc(Cl)c4F)ncnc3cc2OC)CCN1C(=O)OC(C)(C)C. The van der Waals surface area contributed by atoms with E-state index in [0.717, 1.165) is 0 Å². The van der Waals surface area contributed by atoms with Crippen LogP contribution in [0.2, 0.25) is 5.02 Å². The quantitative estimate of drug-likeness (QED) is 0.430. The summed E-state index contributed by atoms with van der Waals surface area (Å²) in [6.07, 6.45) is 1.08. The normalized spacial score (nSPS) is 17.5. The molecule has 2 heterocycles. The molecule has 1 saturated heterocycles. The molecule has 12 heteroatoms. The molecule has 2 N–H and O–H groups in total. The Bertz CT molecular complexity index is 1380. The summed E-state index contributed by atoms with van der Waals surface area (Å²) >= 11 is 5.93. The summed E-state index contributed by atoms with van der Waals surface area (Å²) in [7, 11) is 3.03. The van der Waals surface area contributed by atoms with Gasteiger partial charge in [0.25, 0.3) is 0 Å². The lowest BCUT2D eigenvalue weighted by molar-refractivity contribution is -0.128. The molecule has 3 aromatic rings. The van der Waals surface area contributed by atoms with Crippen LogP contribution >= 0.6 is 11.6 Å². The highest BCUT2D eigenvalue weighted by atomic mass is 35.5. The zero-order valence-corrected chi connectivity index (χ0v) is 23.1. The van der Waals surface area contributed by atoms with Gasteiger partial charge in [0.15, 0.2) is 17.3 Å². The summed E-state index contributed by atoms with van der Waals surface area (Å²) in [6, 6.07) is 7.25. The van der Waals surface area contributed by atoms with E-state index in [2.05, 4.69) is 20.6 Å². The highest BCUT2D eigenvalue weighted by Gasteiger charge is 2.39. The van der Waals surface area contributed by atoms with Crippen LogP contribution in [0.5, 0.6) is 11.5 Å². The smallest absolute Gasteiger partial charge is 0.410 e. The number of benzene rings is 2. The van der Waals surface area contributed by atoms with Gasteiger partial charge in [-0.05, 0) is 39.0 Å². The van der Waals surface area contributed by atoms with Crippen molar-refractivity contribution in [2.45, 2.75) is 51.4 Å². The molecule has 10 nitrogen and oxygen atoms in total. The first-order valence-corrected chi connectivity index (χ1v) is 12.8. The molecule has 1 aliphatic rings. The number of anilines is 2. The maximum Gasteiger partial charge on any atom is 0.410 e. The Labute approximate surface area is 230 Å². The summed E-state index contributed by atoms with van der Waals surface area (Å²) in [5.41, 5.74) is 0.00337. The highest BCUT2D eigenvalue weighted by Crippen LogP contribution is 2.37. The van der Waals surface area contributed by atoms with Crippen molar-refractivity contribution in [1.82, 2.24) is 20.2 Å². The maximum atomic E-state index is 14.6. The minimum atomic E-state index is -0.776. The number of carbonyl (C=O) groups excluding carboxylic acids is 2. The van der Waals surface area contributed by atoms with Crippen LogP contribution in [0, 0.1) is 5.82 Å². The van der Waals surface area contributed by atoms with Crippen LogP contribution in [-0.2, 0) is 9.53 Å². The fourth-order valence-electron chi connectivity index (χ4n) is 4.32. The molecule has 0 radical (unpaired) electrons. The first-order valence-electron chi connectivity index (χ1n) is 12.4. The van der Waals surface area contributed by atoms with Crippen LogP contribution in [0.15, 0.2) is 36.7 Å². The van der Waals surface area contributed by atoms with Crippen molar-refractivity contribution in [2.75, 3.05) is 26.0 Å². The molecule has 0 aliphatic carbocycles. The Morgan fingerprint density at radius 3 is 2.64 bits per heavy atom. The van der Waals surface area contributed by atoms with E-state index in [9.17, 15) is 14.0 Å². The number of likely N-dealkylation sites (tertiary alicyclic amines) is 1. The fourth-order valence-corrected chi connectivity index (χ4v) is 4.49. The van der Waals surface area contributed by atoms with Gasteiger partial charge in [-0.15, -0.1) is 0 Å². The number of nitrogens with one attached hydrogen (secondary N) is 2. The number of aromatic nitrogens is 2. The molecule has 39 heavy (non-hydrogen) atoms. The molecule has 0 bridgehead atoms. The Morgan fingerprint density at radius 1 is 1.18 bits per heavy atom. The second-order valence-corrected chi connectivity index (χ2v) is 10.4. The topological polar surface area (TPSA) is 115 Å². The Kier molecular flexibility index (Phi) is 8.29. The summed E-state index contributed by atoms with van der Waals surface area (Å²) in [5.74, 6) is 0.237. The molecule has 2 atom stereocenters. The van der Waals surface area contributed by atoms with Crippen LogP contribution in [0.4, 0.5) is 20.7 Å². The van der Waals surface area contributed by atoms with Gasteiger partial charge >= 0.3 is 6.09 Å². The number of amides is 2. The molecule has 0 saturated carbocycles. The second kappa shape index (κ2) is 11.5. The Morgan fingerprint density at radius 2 is 1.95 bits per heavy atom. The minimum Gasteiger partial charge on any atom is -0.493 e. The van der Waals surface area contributed by atoms with Gasteiger partial charge in [0.05, 0.1) is 23.3 Å². The van der Waals surface area contributed by atoms with E-state index in [1.807, 2.05) is 0 Å². The first-order chi connectivity index (χ1) is 18.5. The third-order valence-corrected chi connectivity index (χ3v) is 6.44. The number of ether oxygens (including phenoxy) is 3. The van der Waals surface area contributed by atoms with Crippen molar-refractivity contribution in [3.63, 3.8) is 0 Å². The molecule has 0 spiro atoms. The standard InChI is InChI=1S/C27H31ClFN5O5/c1-27(2,3)39-26(36)34-10-9-15(11-20(34)25(35)30-4)38-22-12-16-19(13-21(22)37-5)31-14-32-24(16)33-18-8-6-7-17(28)23(18)29/h6-8,12-15,20H,9-11H2,1-5H3,(H,30,35)(H,31,32,33)/t15-,20-/m0/s1. The predicted octanol–water partition coefficient (Wildman–Crippen LogP) is 5.07. The van der Waals surface area contributed by atoms with E-state index >= 15 is 0 Å². The number of likely N-dealkylation sites (N-methyl/N-ethyl adjacent to an activating group) is 1. The van der Waals surface area contributed by atoms with E-state index in [1.165, 1.54) is 31.5 Å². The molecular weight excluding hydrogens is 529 g/mol. The van der Waals surface area contributed by atoms with Gasteiger partial charge in [-0.25, -0.2) is 19.2 Å². The number of halogens is 2. The van der Waals surface area contributed by atoms with E-state index < -0.39 is 29.7 Å². The number of piperidine rings is 1. The van der Waals surface area contributed by atoms with Crippen molar-refractivity contribution >= 4 is 46.0 Å². The summed E-state index contributed by atoms with van der Waals surface area (Å²) in [6.45, 7) is 5.58. The number of rotatable bonds is 6. The lowest BCUT2D eigenvalue weighted by atomic mass is 9.98. The number of methoxy groups -OCH3 is 1. The van der Waals surface area contributed by atoms with Crippen molar-refractivity contribution in [3.8, 4) is 11.5 Å². The van der Waals surface area contributed by atoms with Gasteiger partial charge in [-0.2, -0.15) is 0 Å². The predicted molar refractivity (Wildman–Crippen MR) is 145 cm³/mol. The monoisotopic (exact) mass is 559 g/mol. The van der Waals surface area contributed by atoms with E-state index in [0.29, 0.717) is 34.6 Å². The zero-order valence-electron chi connectivity index (χ0n) is 22.4. The van der Waals surface area contributed by atoms with E-state index in [4.69, 9.17) is 25.8 Å². The van der Waals surface area contributed by atoms with Gasteiger partial charge < -0.3 is 24.8 Å². The molecule has 208 valence electrons. The largest absolute Gasteiger partial charge is 0.493 e. The highest BCUT2D eigenvalue weighted by molar-refractivity contribution is 6.31. The molecule has 4 rings (SSSR count). The third-order valence-electron chi connectivity index (χ3n) is 6.15. The van der Waals surface area contributed by atoms with Crippen molar-refractivity contribution in [3.05, 3.63) is 47.5 Å². The fraction of sp³-hybridized carbons (Fsp3) is 0.407.